The Labute approximate surface area is 182 Å². The van der Waals surface area contributed by atoms with Crippen molar-refractivity contribution in [3.05, 3.63) is 56.6 Å². The van der Waals surface area contributed by atoms with Crippen molar-refractivity contribution in [3.8, 4) is 5.00 Å². The Hall–Kier alpha value is -2.58. The van der Waals surface area contributed by atoms with Gasteiger partial charge in [0.2, 0.25) is 0 Å². The summed E-state index contributed by atoms with van der Waals surface area (Å²) in [4.78, 5) is 39.4. The molecule has 1 aliphatic carbocycles. The van der Waals surface area contributed by atoms with Crippen molar-refractivity contribution >= 4 is 46.3 Å². The number of fused-ring (bicyclic) bond motifs is 1. The Morgan fingerprint density at radius 1 is 1.27 bits per heavy atom. The Kier molecular flexibility index (Phi) is 5.46. The third-order valence-corrected chi connectivity index (χ3v) is 7.70. The number of rotatable bonds is 5. The highest BCUT2D eigenvalue weighted by Gasteiger charge is 2.34. The van der Waals surface area contributed by atoms with Gasteiger partial charge in [0.15, 0.2) is 0 Å². The van der Waals surface area contributed by atoms with Gasteiger partial charge in [0.05, 0.1) is 10.5 Å². The predicted octanol–water partition coefficient (Wildman–Crippen LogP) is 4.95. The second-order valence-electron chi connectivity index (χ2n) is 7.44. The molecule has 2 aromatic heterocycles. The van der Waals surface area contributed by atoms with Gasteiger partial charge in [0, 0.05) is 22.8 Å². The highest BCUT2D eigenvalue weighted by Crippen LogP contribution is 2.39. The molecule has 1 saturated heterocycles. The van der Waals surface area contributed by atoms with E-state index in [0.717, 1.165) is 69.8 Å². The van der Waals surface area contributed by atoms with Crippen molar-refractivity contribution in [3.63, 3.8) is 0 Å². The SMILES string of the molecule is C=CCN1C(=O)S/C(=C\c2cc(C)n(-c3sc4c(c3C(=O)O)CCCC4)c2C)C1=O. The van der Waals surface area contributed by atoms with Gasteiger partial charge in [-0.3, -0.25) is 14.5 Å². The lowest BCUT2D eigenvalue weighted by Crippen LogP contribution is -2.27. The van der Waals surface area contributed by atoms with Crippen LogP contribution in [0.1, 0.15) is 50.6 Å². The first kappa shape index (κ1) is 20.7. The van der Waals surface area contributed by atoms with E-state index in [4.69, 9.17) is 0 Å². The monoisotopic (exact) mass is 442 g/mol. The van der Waals surface area contributed by atoms with E-state index in [0.29, 0.717) is 10.5 Å². The molecule has 0 atom stereocenters. The van der Waals surface area contributed by atoms with E-state index >= 15 is 0 Å². The molecular formula is C22H22N2O4S2. The third-order valence-electron chi connectivity index (χ3n) is 5.51. The first-order valence-electron chi connectivity index (χ1n) is 9.77. The van der Waals surface area contributed by atoms with Crippen molar-refractivity contribution in [2.24, 2.45) is 0 Å². The lowest BCUT2D eigenvalue weighted by molar-refractivity contribution is -0.122. The fraction of sp³-hybridized carbons (Fsp3) is 0.318. The van der Waals surface area contributed by atoms with E-state index in [-0.39, 0.29) is 17.7 Å². The number of carboxylic acids is 1. The van der Waals surface area contributed by atoms with Gasteiger partial charge in [0.25, 0.3) is 11.1 Å². The molecular weight excluding hydrogens is 420 g/mol. The zero-order valence-electron chi connectivity index (χ0n) is 16.9. The minimum absolute atomic E-state index is 0.184. The number of aromatic carboxylic acids is 1. The predicted molar refractivity (Wildman–Crippen MR) is 120 cm³/mol. The van der Waals surface area contributed by atoms with E-state index in [2.05, 4.69) is 6.58 Å². The second kappa shape index (κ2) is 7.92. The van der Waals surface area contributed by atoms with Crippen molar-refractivity contribution in [1.82, 2.24) is 9.47 Å². The van der Waals surface area contributed by atoms with Crippen LogP contribution in [0.2, 0.25) is 0 Å². The third kappa shape index (κ3) is 3.33. The van der Waals surface area contributed by atoms with Gasteiger partial charge in [-0.25, -0.2) is 4.79 Å². The first-order chi connectivity index (χ1) is 14.3. The van der Waals surface area contributed by atoms with Crippen LogP contribution in [0, 0.1) is 13.8 Å². The smallest absolute Gasteiger partial charge is 0.339 e. The molecule has 6 nitrogen and oxygen atoms in total. The maximum absolute atomic E-state index is 12.5. The number of thioether (sulfide) groups is 1. The van der Waals surface area contributed by atoms with Crippen molar-refractivity contribution in [1.29, 1.82) is 0 Å². The molecule has 8 heteroatoms. The number of nitrogens with zero attached hydrogens (tertiary/aromatic N) is 2. The van der Waals surface area contributed by atoms with Crippen LogP contribution in [-0.2, 0) is 17.6 Å². The van der Waals surface area contributed by atoms with Gasteiger partial charge in [-0.1, -0.05) is 6.08 Å². The van der Waals surface area contributed by atoms with Crippen LogP contribution in [0.4, 0.5) is 4.79 Å². The van der Waals surface area contributed by atoms with Crippen LogP contribution in [-0.4, -0.2) is 38.2 Å². The molecule has 1 N–H and O–H groups in total. The van der Waals surface area contributed by atoms with Gasteiger partial charge < -0.3 is 9.67 Å². The number of carbonyl (C=O) groups excluding carboxylic acids is 2. The van der Waals surface area contributed by atoms with Gasteiger partial charge >= 0.3 is 5.97 Å². The Morgan fingerprint density at radius 2 is 2.00 bits per heavy atom. The molecule has 0 unspecified atom stereocenters. The fourth-order valence-electron chi connectivity index (χ4n) is 4.10. The van der Waals surface area contributed by atoms with Crippen LogP contribution in [0.5, 0.6) is 0 Å². The van der Waals surface area contributed by atoms with Crippen molar-refractivity contribution in [2.45, 2.75) is 39.5 Å². The lowest BCUT2D eigenvalue weighted by atomic mass is 9.95. The highest BCUT2D eigenvalue weighted by molar-refractivity contribution is 8.18. The number of carbonyl (C=O) groups is 3. The van der Waals surface area contributed by atoms with Gasteiger partial charge in [-0.15, -0.1) is 17.9 Å². The van der Waals surface area contributed by atoms with E-state index < -0.39 is 5.97 Å². The molecule has 3 heterocycles. The maximum atomic E-state index is 12.5. The molecule has 1 fully saturated rings. The number of carboxylic acid groups (broad SMARTS) is 1. The minimum Gasteiger partial charge on any atom is -0.478 e. The summed E-state index contributed by atoms with van der Waals surface area (Å²) in [5, 5.41) is 10.3. The minimum atomic E-state index is -0.899. The summed E-state index contributed by atoms with van der Waals surface area (Å²) < 4.78 is 1.96. The molecule has 2 aromatic rings. The summed E-state index contributed by atoms with van der Waals surface area (Å²) in [5.74, 6) is -1.23. The number of aromatic nitrogens is 1. The average Bonchev–Trinajstić information content (AvgIpc) is 3.29. The van der Waals surface area contributed by atoms with Crippen LogP contribution in [0.3, 0.4) is 0 Å². The maximum Gasteiger partial charge on any atom is 0.339 e. The number of hydrogen-bond acceptors (Lipinski definition) is 5. The second-order valence-corrected chi connectivity index (χ2v) is 9.52. The quantitative estimate of drug-likeness (QED) is 0.523. The molecule has 4 rings (SSSR count). The molecule has 0 aromatic carbocycles. The summed E-state index contributed by atoms with van der Waals surface area (Å²) in [7, 11) is 0. The fourth-order valence-corrected chi connectivity index (χ4v) is 6.43. The molecule has 0 radical (unpaired) electrons. The summed E-state index contributed by atoms with van der Waals surface area (Å²) in [5.41, 5.74) is 3.91. The first-order valence-corrected chi connectivity index (χ1v) is 11.4. The number of aryl methyl sites for hydroxylation is 2. The van der Waals surface area contributed by atoms with E-state index in [1.807, 2.05) is 24.5 Å². The number of imide groups is 1. The summed E-state index contributed by atoms with van der Waals surface area (Å²) in [6.45, 7) is 7.62. The average molecular weight is 443 g/mol. The van der Waals surface area contributed by atoms with Gasteiger partial charge in [-0.2, -0.15) is 0 Å². The van der Waals surface area contributed by atoms with Crippen LogP contribution >= 0.6 is 23.1 Å². The number of thiophene rings is 1. The largest absolute Gasteiger partial charge is 0.478 e. The highest BCUT2D eigenvalue weighted by atomic mass is 32.2. The zero-order chi connectivity index (χ0) is 21.6. The summed E-state index contributed by atoms with van der Waals surface area (Å²) in [6, 6.07) is 1.93. The Balaban J connectivity index is 1.79. The summed E-state index contributed by atoms with van der Waals surface area (Å²) >= 11 is 2.47. The van der Waals surface area contributed by atoms with Crippen molar-refractivity contribution < 1.29 is 19.5 Å². The molecule has 0 bridgehead atoms. The van der Waals surface area contributed by atoms with Crippen LogP contribution < -0.4 is 0 Å². The number of amides is 2. The Morgan fingerprint density at radius 3 is 2.70 bits per heavy atom. The topological polar surface area (TPSA) is 79.6 Å². The molecule has 2 aliphatic rings. The molecule has 30 heavy (non-hydrogen) atoms. The molecule has 0 saturated carbocycles. The normalized spacial score (nSPS) is 17.7. The van der Waals surface area contributed by atoms with E-state index in [1.165, 1.54) is 11.0 Å². The van der Waals surface area contributed by atoms with Crippen LogP contribution in [0.25, 0.3) is 11.1 Å². The zero-order valence-corrected chi connectivity index (χ0v) is 18.5. The number of hydrogen-bond donors (Lipinski definition) is 1. The van der Waals surface area contributed by atoms with Gasteiger partial charge in [0.1, 0.15) is 5.00 Å². The summed E-state index contributed by atoms with van der Waals surface area (Å²) in [6.07, 6.45) is 7.07. The standard InChI is InChI=1S/C22H22N2O4S2/c1-4-9-23-19(25)17(30-22(23)28)11-14-10-12(2)24(13(14)3)20-18(21(26)27)15-7-5-6-8-16(15)29-20/h4,10-11H,1,5-9H2,2-3H3,(H,26,27)/b17-11-. The molecule has 2 amide bonds. The van der Waals surface area contributed by atoms with Crippen LogP contribution in [0.15, 0.2) is 23.6 Å². The van der Waals surface area contributed by atoms with E-state index in [1.54, 1.807) is 17.4 Å². The molecule has 1 aliphatic heterocycles. The van der Waals surface area contributed by atoms with Crippen molar-refractivity contribution in [2.75, 3.05) is 6.54 Å². The lowest BCUT2D eigenvalue weighted by Gasteiger charge is -2.11. The van der Waals surface area contributed by atoms with E-state index in [9.17, 15) is 19.5 Å². The Bertz CT molecular complexity index is 1120. The molecule has 156 valence electrons. The molecule has 0 spiro atoms. The van der Waals surface area contributed by atoms with Gasteiger partial charge in [-0.05, 0) is 74.6 Å².